The average Bonchev–Trinajstić information content (AvgIpc) is 2.98. The third-order valence-electron chi connectivity index (χ3n) is 2.59. The zero-order valence-electron chi connectivity index (χ0n) is 11.1. The topological polar surface area (TPSA) is 78.4 Å². The van der Waals surface area contributed by atoms with Crippen LogP contribution in [0, 0.1) is 0 Å². The molecule has 108 valence electrons. The quantitative estimate of drug-likeness (QED) is 0.742. The van der Waals surface area contributed by atoms with Gasteiger partial charge in [0.15, 0.2) is 0 Å². The van der Waals surface area contributed by atoms with Gasteiger partial charge >= 0.3 is 12.0 Å². The zero-order chi connectivity index (χ0) is 15.1. The van der Waals surface area contributed by atoms with Crippen molar-refractivity contribution in [3.05, 3.63) is 58.3 Å². The Morgan fingerprint density at radius 1 is 1.19 bits per heavy atom. The molecule has 0 spiro atoms. The van der Waals surface area contributed by atoms with Gasteiger partial charge in [-0.05, 0) is 35.2 Å². The van der Waals surface area contributed by atoms with Crippen LogP contribution in [0.5, 0.6) is 0 Å². The minimum Gasteiger partial charge on any atom is -0.478 e. The van der Waals surface area contributed by atoms with E-state index < -0.39 is 5.97 Å². The number of thiophene rings is 1. The molecule has 21 heavy (non-hydrogen) atoms. The van der Waals surface area contributed by atoms with Gasteiger partial charge in [-0.1, -0.05) is 18.2 Å². The molecular weight excluding hydrogens is 288 g/mol. The van der Waals surface area contributed by atoms with E-state index in [1.165, 1.54) is 6.08 Å². The first-order chi connectivity index (χ1) is 10.1. The van der Waals surface area contributed by atoms with Crippen molar-refractivity contribution in [2.24, 2.45) is 0 Å². The van der Waals surface area contributed by atoms with Gasteiger partial charge in [-0.25, -0.2) is 9.59 Å². The Labute approximate surface area is 125 Å². The predicted molar refractivity (Wildman–Crippen MR) is 83.3 cm³/mol. The lowest BCUT2D eigenvalue weighted by Crippen LogP contribution is -2.27. The van der Waals surface area contributed by atoms with Crippen LogP contribution in [0.4, 0.5) is 10.5 Å². The van der Waals surface area contributed by atoms with Crippen molar-refractivity contribution >= 4 is 35.1 Å². The maximum atomic E-state index is 11.7. The van der Waals surface area contributed by atoms with Gasteiger partial charge < -0.3 is 15.7 Å². The molecule has 0 aliphatic rings. The van der Waals surface area contributed by atoms with Crippen molar-refractivity contribution in [1.82, 2.24) is 5.32 Å². The van der Waals surface area contributed by atoms with Crippen molar-refractivity contribution in [1.29, 1.82) is 0 Å². The van der Waals surface area contributed by atoms with E-state index in [4.69, 9.17) is 5.11 Å². The third-order valence-corrected chi connectivity index (χ3v) is 3.47. The van der Waals surface area contributed by atoms with Gasteiger partial charge in [-0.3, -0.25) is 0 Å². The maximum Gasteiger partial charge on any atom is 0.328 e. The number of hydrogen-bond donors (Lipinski definition) is 3. The number of carbonyl (C=O) groups is 2. The Kier molecular flexibility index (Phi) is 5.11. The van der Waals surface area contributed by atoms with Crippen molar-refractivity contribution in [3.8, 4) is 0 Å². The SMILES string of the molecule is O=C(O)/C=C/c1ccc(NC(=O)NCc2cccs2)cc1. The molecule has 0 atom stereocenters. The summed E-state index contributed by atoms with van der Waals surface area (Å²) in [6.45, 7) is 0.489. The minimum absolute atomic E-state index is 0.280. The maximum absolute atomic E-state index is 11.7. The van der Waals surface area contributed by atoms with Gasteiger partial charge in [0.05, 0.1) is 6.54 Å². The molecule has 5 nitrogen and oxygen atoms in total. The lowest BCUT2D eigenvalue weighted by Gasteiger charge is -2.06. The van der Waals surface area contributed by atoms with E-state index >= 15 is 0 Å². The van der Waals surface area contributed by atoms with Crippen LogP contribution in [0.15, 0.2) is 47.9 Å². The molecule has 0 radical (unpaired) electrons. The number of hydrogen-bond acceptors (Lipinski definition) is 3. The number of carbonyl (C=O) groups excluding carboxylic acids is 1. The van der Waals surface area contributed by atoms with Crippen LogP contribution >= 0.6 is 11.3 Å². The summed E-state index contributed by atoms with van der Waals surface area (Å²) in [4.78, 5) is 23.2. The Bertz CT molecular complexity index is 633. The van der Waals surface area contributed by atoms with Crippen LogP contribution in [0.25, 0.3) is 6.08 Å². The second-order valence-electron chi connectivity index (χ2n) is 4.18. The summed E-state index contributed by atoms with van der Waals surface area (Å²) >= 11 is 1.58. The van der Waals surface area contributed by atoms with E-state index in [1.54, 1.807) is 35.6 Å². The second-order valence-corrected chi connectivity index (χ2v) is 5.21. The molecule has 0 saturated heterocycles. The first-order valence-corrected chi connectivity index (χ1v) is 7.10. The average molecular weight is 302 g/mol. The fourth-order valence-electron chi connectivity index (χ4n) is 1.60. The van der Waals surface area contributed by atoms with Crippen LogP contribution in [0.3, 0.4) is 0 Å². The number of aliphatic carboxylic acids is 1. The number of benzene rings is 1. The molecular formula is C15H14N2O3S. The molecule has 0 saturated carbocycles. The highest BCUT2D eigenvalue weighted by Crippen LogP contribution is 2.11. The Balaban J connectivity index is 1.85. The highest BCUT2D eigenvalue weighted by molar-refractivity contribution is 7.09. The van der Waals surface area contributed by atoms with Gasteiger partial charge in [0.2, 0.25) is 0 Å². The summed E-state index contributed by atoms with van der Waals surface area (Å²) in [6.07, 6.45) is 2.55. The molecule has 0 fully saturated rings. The molecule has 6 heteroatoms. The number of rotatable bonds is 5. The third kappa shape index (κ3) is 5.12. The van der Waals surface area contributed by atoms with Crippen molar-refractivity contribution in [3.63, 3.8) is 0 Å². The normalized spacial score (nSPS) is 10.5. The van der Waals surface area contributed by atoms with E-state index in [0.717, 1.165) is 16.5 Å². The molecule has 2 amide bonds. The van der Waals surface area contributed by atoms with E-state index in [0.29, 0.717) is 12.2 Å². The van der Waals surface area contributed by atoms with E-state index in [9.17, 15) is 9.59 Å². The Hall–Kier alpha value is -2.60. The molecule has 3 N–H and O–H groups in total. The summed E-state index contributed by atoms with van der Waals surface area (Å²) in [6, 6.07) is 10.5. The number of urea groups is 1. The molecule has 2 aromatic rings. The van der Waals surface area contributed by atoms with Gasteiger partial charge in [0.25, 0.3) is 0 Å². The first-order valence-electron chi connectivity index (χ1n) is 6.22. The molecule has 0 aliphatic heterocycles. The number of anilines is 1. The minimum atomic E-state index is -0.995. The second kappa shape index (κ2) is 7.25. The van der Waals surface area contributed by atoms with Crippen LogP contribution in [-0.2, 0) is 11.3 Å². The van der Waals surface area contributed by atoms with Crippen LogP contribution in [-0.4, -0.2) is 17.1 Å². The smallest absolute Gasteiger partial charge is 0.328 e. The highest BCUT2D eigenvalue weighted by Gasteiger charge is 2.02. The van der Waals surface area contributed by atoms with Gasteiger partial charge in [-0.15, -0.1) is 11.3 Å². The van der Waals surface area contributed by atoms with Gasteiger partial charge in [0, 0.05) is 16.6 Å². The summed E-state index contributed by atoms with van der Waals surface area (Å²) in [5.74, 6) is -0.995. The molecule has 1 aromatic heterocycles. The zero-order valence-corrected chi connectivity index (χ0v) is 11.9. The Morgan fingerprint density at radius 2 is 1.95 bits per heavy atom. The van der Waals surface area contributed by atoms with E-state index in [2.05, 4.69) is 10.6 Å². The van der Waals surface area contributed by atoms with Crippen LogP contribution in [0.2, 0.25) is 0 Å². The number of amides is 2. The summed E-state index contributed by atoms with van der Waals surface area (Å²) < 4.78 is 0. The van der Waals surface area contributed by atoms with Gasteiger partial charge in [-0.2, -0.15) is 0 Å². The lowest BCUT2D eigenvalue weighted by molar-refractivity contribution is -0.131. The predicted octanol–water partition coefficient (Wildman–Crippen LogP) is 3.17. The molecule has 0 unspecified atom stereocenters. The monoisotopic (exact) mass is 302 g/mol. The molecule has 1 aromatic carbocycles. The molecule has 1 heterocycles. The summed E-state index contributed by atoms with van der Waals surface area (Å²) in [5, 5.41) is 16.0. The van der Waals surface area contributed by atoms with E-state index in [1.807, 2.05) is 17.5 Å². The highest BCUT2D eigenvalue weighted by atomic mass is 32.1. The standard InChI is InChI=1S/C15H14N2O3S/c18-14(19)8-5-11-3-6-12(7-4-11)17-15(20)16-10-13-2-1-9-21-13/h1-9H,10H2,(H,18,19)(H2,16,17,20)/b8-5+. The number of nitrogens with one attached hydrogen (secondary N) is 2. The molecule has 0 aliphatic carbocycles. The lowest BCUT2D eigenvalue weighted by atomic mass is 10.2. The number of carboxylic acids is 1. The van der Waals surface area contributed by atoms with Crippen LogP contribution in [0.1, 0.15) is 10.4 Å². The fraction of sp³-hybridized carbons (Fsp3) is 0.0667. The van der Waals surface area contributed by atoms with Crippen molar-refractivity contribution in [2.75, 3.05) is 5.32 Å². The fourth-order valence-corrected chi connectivity index (χ4v) is 2.25. The van der Waals surface area contributed by atoms with Gasteiger partial charge in [0.1, 0.15) is 0 Å². The van der Waals surface area contributed by atoms with Crippen LogP contribution < -0.4 is 10.6 Å². The first kappa shape index (κ1) is 14.8. The summed E-state index contributed by atoms with van der Waals surface area (Å²) in [5.41, 5.74) is 1.40. The molecule has 0 bridgehead atoms. The number of carboxylic acid groups (broad SMARTS) is 1. The largest absolute Gasteiger partial charge is 0.478 e. The van der Waals surface area contributed by atoms with Crippen molar-refractivity contribution < 1.29 is 14.7 Å². The van der Waals surface area contributed by atoms with Crippen molar-refractivity contribution in [2.45, 2.75) is 6.54 Å². The van der Waals surface area contributed by atoms with E-state index in [-0.39, 0.29) is 6.03 Å². The molecule has 2 rings (SSSR count). The Morgan fingerprint density at radius 3 is 2.57 bits per heavy atom. The summed E-state index contributed by atoms with van der Waals surface area (Å²) in [7, 11) is 0.